The van der Waals surface area contributed by atoms with Gasteiger partial charge in [0.2, 0.25) is 0 Å². The summed E-state index contributed by atoms with van der Waals surface area (Å²) >= 11 is 0. The summed E-state index contributed by atoms with van der Waals surface area (Å²) in [7, 11) is 0. The van der Waals surface area contributed by atoms with E-state index in [0.717, 1.165) is 45.4 Å². The Morgan fingerprint density at radius 3 is 2.62 bits per heavy atom. The van der Waals surface area contributed by atoms with Gasteiger partial charge in [0.1, 0.15) is 0 Å². The van der Waals surface area contributed by atoms with Gasteiger partial charge in [0.05, 0.1) is 6.10 Å². The molecule has 0 saturated carbocycles. The Bertz CT molecular complexity index is 427. The number of nitrogens with zero attached hydrogens (tertiary/aromatic N) is 1. The number of aryl methyl sites for hydroxylation is 2. The Kier molecular flexibility index (Phi) is 6.22. The van der Waals surface area contributed by atoms with Crippen molar-refractivity contribution in [3.63, 3.8) is 0 Å². The van der Waals surface area contributed by atoms with Crippen LogP contribution in [0.1, 0.15) is 48.9 Å². The van der Waals surface area contributed by atoms with E-state index < -0.39 is 0 Å². The first-order chi connectivity index (χ1) is 10.1. The molecule has 0 spiro atoms. The lowest BCUT2D eigenvalue weighted by Crippen LogP contribution is -2.39. The van der Waals surface area contributed by atoms with Crippen molar-refractivity contribution >= 4 is 0 Å². The zero-order valence-corrected chi connectivity index (χ0v) is 13.7. The van der Waals surface area contributed by atoms with Crippen molar-refractivity contribution in [2.75, 3.05) is 26.2 Å². The molecular weight excluding hydrogens is 260 g/mol. The molecule has 1 aromatic rings. The fourth-order valence-electron chi connectivity index (χ4n) is 3.39. The van der Waals surface area contributed by atoms with Gasteiger partial charge < -0.3 is 15.3 Å². The second kappa shape index (κ2) is 7.92. The smallest absolute Gasteiger partial charge is 0.0667 e. The van der Waals surface area contributed by atoms with Gasteiger partial charge in [-0.2, -0.15) is 0 Å². The molecule has 3 heteroatoms. The number of rotatable bonds is 6. The van der Waals surface area contributed by atoms with E-state index in [0.29, 0.717) is 6.04 Å². The van der Waals surface area contributed by atoms with Crippen LogP contribution in [0.15, 0.2) is 18.2 Å². The van der Waals surface area contributed by atoms with E-state index in [1.165, 1.54) is 16.7 Å². The van der Waals surface area contributed by atoms with E-state index in [4.69, 9.17) is 0 Å². The molecule has 0 amide bonds. The average molecular weight is 290 g/mol. The van der Waals surface area contributed by atoms with Crippen molar-refractivity contribution in [3.05, 3.63) is 34.9 Å². The number of likely N-dealkylation sites (tertiary alicyclic amines) is 1. The van der Waals surface area contributed by atoms with Crippen LogP contribution in [0.3, 0.4) is 0 Å². The number of piperidine rings is 1. The summed E-state index contributed by atoms with van der Waals surface area (Å²) in [5.41, 5.74) is 4.06. The predicted octanol–water partition coefficient (Wildman–Crippen LogP) is 2.80. The van der Waals surface area contributed by atoms with Crippen molar-refractivity contribution < 1.29 is 5.11 Å². The maximum Gasteiger partial charge on any atom is 0.0667 e. The van der Waals surface area contributed by atoms with Crippen LogP contribution in [-0.4, -0.2) is 42.3 Å². The average Bonchev–Trinajstić information content (AvgIpc) is 2.42. The predicted molar refractivity (Wildman–Crippen MR) is 88.6 cm³/mol. The van der Waals surface area contributed by atoms with Crippen LogP contribution in [0.4, 0.5) is 0 Å². The third-order valence-electron chi connectivity index (χ3n) is 4.31. The van der Waals surface area contributed by atoms with Crippen molar-refractivity contribution in [2.24, 2.45) is 0 Å². The Labute approximate surface area is 129 Å². The first kappa shape index (κ1) is 16.5. The molecule has 0 aromatic heterocycles. The first-order valence-electron chi connectivity index (χ1n) is 8.30. The van der Waals surface area contributed by atoms with Gasteiger partial charge in [0.25, 0.3) is 0 Å². The van der Waals surface area contributed by atoms with E-state index >= 15 is 0 Å². The quantitative estimate of drug-likeness (QED) is 0.845. The number of aliphatic hydroxyl groups excluding tert-OH is 1. The summed E-state index contributed by atoms with van der Waals surface area (Å²) < 4.78 is 0. The molecule has 0 bridgehead atoms. The summed E-state index contributed by atoms with van der Waals surface area (Å²) in [5, 5.41) is 13.4. The lowest BCUT2D eigenvalue weighted by molar-refractivity contribution is 0.0685. The highest BCUT2D eigenvalue weighted by atomic mass is 16.3. The zero-order chi connectivity index (χ0) is 15.2. The third-order valence-corrected chi connectivity index (χ3v) is 4.31. The molecule has 1 heterocycles. The van der Waals surface area contributed by atoms with E-state index in [1.54, 1.807) is 0 Å². The topological polar surface area (TPSA) is 35.5 Å². The maximum absolute atomic E-state index is 9.78. The van der Waals surface area contributed by atoms with Gasteiger partial charge in [0.15, 0.2) is 0 Å². The lowest BCUT2D eigenvalue weighted by Gasteiger charge is -2.31. The van der Waals surface area contributed by atoms with E-state index in [1.807, 2.05) is 0 Å². The maximum atomic E-state index is 9.78. The fraction of sp³-hybridized carbons (Fsp3) is 0.667. The Morgan fingerprint density at radius 2 is 2.00 bits per heavy atom. The molecule has 2 atom stereocenters. The van der Waals surface area contributed by atoms with E-state index in [9.17, 15) is 5.11 Å². The molecule has 1 fully saturated rings. The van der Waals surface area contributed by atoms with Crippen molar-refractivity contribution in [2.45, 2.75) is 52.2 Å². The van der Waals surface area contributed by atoms with Crippen LogP contribution in [-0.2, 0) is 0 Å². The molecule has 118 valence electrons. The van der Waals surface area contributed by atoms with Crippen LogP contribution in [0.5, 0.6) is 0 Å². The molecule has 1 saturated heterocycles. The van der Waals surface area contributed by atoms with Gasteiger partial charge in [-0.3, -0.25) is 0 Å². The van der Waals surface area contributed by atoms with Crippen LogP contribution in [0.25, 0.3) is 0 Å². The Morgan fingerprint density at radius 1 is 1.29 bits per heavy atom. The molecule has 2 unspecified atom stereocenters. The number of nitrogens with one attached hydrogen (secondary N) is 1. The minimum absolute atomic E-state index is 0.127. The summed E-state index contributed by atoms with van der Waals surface area (Å²) in [6.45, 7) is 10.5. The molecule has 0 aliphatic carbocycles. The summed E-state index contributed by atoms with van der Waals surface area (Å²) in [6.07, 6.45) is 3.06. The Hall–Kier alpha value is -0.900. The molecule has 3 nitrogen and oxygen atoms in total. The van der Waals surface area contributed by atoms with Gasteiger partial charge in [-0.25, -0.2) is 0 Å². The van der Waals surface area contributed by atoms with Crippen LogP contribution < -0.4 is 5.32 Å². The summed E-state index contributed by atoms with van der Waals surface area (Å²) in [4.78, 5) is 2.40. The molecule has 21 heavy (non-hydrogen) atoms. The largest absolute Gasteiger partial charge is 0.392 e. The molecule has 1 aliphatic heterocycles. The third kappa shape index (κ3) is 5.10. The number of benzene rings is 1. The highest BCUT2D eigenvalue weighted by molar-refractivity contribution is 5.30. The van der Waals surface area contributed by atoms with Crippen molar-refractivity contribution in [1.29, 1.82) is 0 Å². The normalized spacial score (nSPS) is 21.4. The number of hydrogen-bond donors (Lipinski definition) is 2. The minimum Gasteiger partial charge on any atom is -0.392 e. The second-order valence-electron chi connectivity index (χ2n) is 6.42. The van der Waals surface area contributed by atoms with E-state index in [2.05, 4.69) is 49.2 Å². The van der Waals surface area contributed by atoms with Gasteiger partial charge >= 0.3 is 0 Å². The van der Waals surface area contributed by atoms with Crippen molar-refractivity contribution in [1.82, 2.24) is 10.2 Å². The highest BCUT2D eigenvalue weighted by Gasteiger charge is 2.19. The first-order valence-corrected chi connectivity index (χ1v) is 8.30. The van der Waals surface area contributed by atoms with Crippen molar-refractivity contribution in [3.8, 4) is 0 Å². The molecule has 2 N–H and O–H groups in total. The number of hydrogen-bond acceptors (Lipinski definition) is 3. The molecular formula is C18H30N2O. The monoisotopic (exact) mass is 290 g/mol. The molecule has 1 aliphatic rings. The van der Waals surface area contributed by atoms with Gasteiger partial charge in [-0.15, -0.1) is 0 Å². The fourth-order valence-corrected chi connectivity index (χ4v) is 3.39. The lowest BCUT2D eigenvalue weighted by atomic mass is 9.98. The zero-order valence-electron chi connectivity index (χ0n) is 13.7. The summed E-state index contributed by atoms with van der Waals surface area (Å²) in [5.74, 6) is 0. The molecule has 0 radical (unpaired) electrons. The van der Waals surface area contributed by atoms with Crippen LogP contribution in [0.2, 0.25) is 0 Å². The standard InChI is InChI=1S/C18H30N2O/c1-4-19-18(16-11-14(2)10-15(3)12-16)7-9-20-8-5-6-17(21)13-20/h10-12,17-19,21H,4-9,13H2,1-3H3. The van der Waals surface area contributed by atoms with Gasteiger partial charge in [-0.05, 0) is 51.8 Å². The molecule has 1 aromatic carbocycles. The number of β-amino-alcohol motifs (C(OH)–C–C–N with tert-alkyl or cyclic N) is 1. The van der Waals surface area contributed by atoms with Crippen LogP contribution in [0, 0.1) is 13.8 Å². The van der Waals surface area contributed by atoms with E-state index in [-0.39, 0.29) is 6.10 Å². The number of aliphatic hydroxyl groups is 1. The highest BCUT2D eigenvalue weighted by Crippen LogP contribution is 2.21. The SMILES string of the molecule is CCNC(CCN1CCCC(O)C1)c1cc(C)cc(C)c1. The molecule has 2 rings (SSSR count). The van der Waals surface area contributed by atoms with Gasteiger partial charge in [-0.1, -0.05) is 36.2 Å². The van der Waals surface area contributed by atoms with Gasteiger partial charge in [0, 0.05) is 19.1 Å². The van der Waals surface area contributed by atoms with Crippen LogP contribution >= 0.6 is 0 Å². The Balaban J connectivity index is 1.98. The second-order valence-corrected chi connectivity index (χ2v) is 6.42. The minimum atomic E-state index is -0.127. The summed E-state index contributed by atoms with van der Waals surface area (Å²) in [6, 6.07) is 7.23.